The first kappa shape index (κ1) is 28.4. The topological polar surface area (TPSA) is 0 Å². The molecular weight excluding hydrogens is 364 g/mol. The monoisotopic (exact) mass is 418 g/mol. The molecule has 1 aromatic rings. The highest BCUT2D eigenvalue weighted by Gasteiger charge is 2.11. The third-order valence-electron chi connectivity index (χ3n) is 5.72. The van der Waals surface area contributed by atoms with Crippen LogP contribution in [0.3, 0.4) is 0 Å². The van der Waals surface area contributed by atoms with Crippen molar-refractivity contribution in [2.75, 3.05) is 0 Å². The fourth-order valence-corrected chi connectivity index (χ4v) is 5.05. The standard InChI is InChI=1S/C21H46Si.C7H8/c1-5-6-7-8-9-10-11-12-13-14-15-16-17-18-19-20-21-22(2,3)4;1-7-5-3-2-4-6-7/h5-21H2,1-4H3;2-6H,1H3. The molecule has 0 bridgehead atoms. The molecule has 0 spiro atoms. The van der Waals surface area contributed by atoms with Crippen molar-refractivity contribution < 1.29 is 0 Å². The van der Waals surface area contributed by atoms with E-state index < -0.39 is 8.07 Å². The number of unbranched alkanes of at least 4 members (excludes halogenated alkanes) is 15. The molecule has 0 unspecified atom stereocenters. The van der Waals surface area contributed by atoms with Gasteiger partial charge in [-0.05, 0) is 6.92 Å². The summed E-state index contributed by atoms with van der Waals surface area (Å²) >= 11 is 0. The van der Waals surface area contributed by atoms with Crippen molar-refractivity contribution in [2.45, 2.75) is 142 Å². The Bertz CT molecular complexity index is 418. The average molecular weight is 419 g/mol. The minimum Gasteiger partial charge on any atom is -0.0695 e. The molecule has 170 valence electrons. The summed E-state index contributed by atoms with van der Waals surface area (Å²) in [6.45, 7) is 11.9. The number of rotatable bonds is 17. The van der Waals surface area contributed by atoms with E-state index in [9.17, 15) is 0 Å². The molecule has 0 nitrogen and oxygen atoms in total. The van der Waals surface area contributed by atoms with Crippen LogP contribution in [0.2, 0.25) is 25.7 Å². The Labute approximate surface area is 186 Å². The highest BCUT2D eigenvalue weighted by Crippen LogP contribution is 2.16. The van der Waals surface area contributed by atoms with Crippen LogP contribution in [0.1, 0.15) is 115 Å². The summed E-state index contributed by atoms with van der Waals surface area (Å²) in [5, 5.41) is 0. The lowest BCUT2D eigenvalue weighted by Gasteiger charge is -2.14. The van der Waals surface area contributed by atoms with Crippen LogP contribution >= 0.6 is 0 Å². The zero-order valence-corrected chi connectivity index (χ0v) is 21.9. The number of aryl methyl sites for hydroxylation is 1. The Kier molecular flexibility index (Phi) is 20.3. The molecule has 0 N–H and O–H groups in total. The lowest BCUT2D eigenvalue weighted by molar-refractivity contribution is 0.531. The molecule has 0 aliphatic heterocycles. The molecule has 0 saturated carbocycles. The predicted octanol–water partition coefficient (Wildman–Crippen LogP) is 10.6. The lowest BCUT2D eigenvalue weighted by Crippen LogP contribution is -2.18. The molecule has 0 atom stereocenters. The maximum absolute atomic E-state index is 2.50. The summed E-state index contributed by atoms with van der Waals surface area (Å²) in [5.41, 5.74) is 1.32. The van der Waals surface area contributed by atoms with Gasteiger partial charge in [0.05, 0.1) is 0 Å². The maximum Gasteiger partial charge on any atom is 0.0442 e. The third-order valence-corrected chi connectivity index (χ3v) is 7.57. The van der Waals surface area contributed by atoms with E-state index in [0.29, 0.717) is 0 Å². The van der Waals surface area contributed by atoms with E-state index in [1.807, 2.05) is 18.2 Å². The van der Waals surface area contributed by atoms with Gasteiger partial charge in [0.2, 0.25) is 0 Å². The van der Waals surface area contributed by atoms with Gasteiger partial charge in [0.15, 0.2) is 0 Å². The summed E-state index contributed by atoms with van der Waals surface area (Å²) in [7, 11) is -0.764. The highest BCUT2D eigenvalue weighted by molar-refractivity contribution is 6.76. The fourth-order valence-electron chi connectivity index (χ4n) is 3.74. The summed E-state index contributed by atoms with van der Waals surface area (Å²) in [6.07, 6.45) is 23.6. The van der Waals surface area contributed by atoms with Crippen LogP contribution in [0, 0.1) is 6.92 Å². The first-order valence-electron chi connectivity index (χ1n) is 13.0. The minimum atomic E-state index is -0.764. The van der Waals surface area contributed by atoms with Crippen LogP contribution in [0.25, 0.3) is 0 Å². The minimum absolute atomic E-state index is 0.764. The van der Waals surface area contributed by atoms with Crippen molar-refractivity contribution in [1.29, 1.82) is 0 Å². The normalized spacial score (nSPS) is 11.2. The average Bonchev–Trinajstić information content (AvgIpc) is 2.68. The number of hydrogen-bond donors (Lipinski definition) is 0. The van der Waals surface area contributed by atoms with Crippen molar-refractivity contribution >= 4 is 8.07 Å². The van der Waals surface area contributed by atoms with Crippen LogP contribution in [0.15, 0.2) is 30.3 Å². The van der Waals surface area contributed by atoms with E-state index in [4.69, 9.17) is 0 Å². The van der Waals surface area contributed by atoms with Crippen LogP contribution in [0.4, 0.5) is 0 Å². The second-order valence-corrected chi connectivity index (χ2v) is 15.9. The molecule has 0 radical (unpaired) electrons. The summed E-state index contributed by atoms with van der Waals surface area (Å²) in [5.74, 6) is 0. The Morgan fingerprint density at radius 2 is 0.862 bits per heavy atom. The third kappa shape index (κ3) is 25.4. The van der Waals surface area contributed by atoms with Crippen LogP contribution in [-0.2, 0) is 0 Å². The van der Waals surface area contributed by atoms with Crippen LogP contribution in [-0.4, -0.2) is 8.07 Å². The Hall–Kier alpha value is -0.563. The largest absolute Gasteiger partial charge is 0.0695 e. The van der Waals surface area contributed by atoms with Gasteiger partial charge in [-0.3, -0.25) is 0 Å². The molecule has 0 aliphatic rings. The molecule has 29 heavy (non-hydrogen) atoms. The SMILES string of the molecule is CCCCCCCCCCCCCCCCCC[Si](C)(C)C.Cc1ccccc1. The maximum atomic E-state index is 2.50. The van der Waals surface area contributed by atoms with E-state index >= 15 is 0 Å². The fraction of sp³-hybridized carbons (Fsp3) is 0.786. The zero-order valence-electron chi connectivity index (χ0n) is 20.9. The molecule has 0 fully saturated rings. The van der Waals surface area contributed by atoms with Gasteiger partial charge in [-0.15, -0.1) is 0 Å². The second-order valence-electron chi connectivity index (χ2n) is 10.3. The van der Waals surface area contributed by atoms with Gasteiger partial charge in [-0.1, -0.05) is 171 Å². The van der Waals surface area contributed by atoms with Crippen molar-refractivity contribution in [1.82, 2.24) is 0 Å². The van der Waals surface area contributed by atoms with E-state index in [-0.39, 0.29) is 0 Å². The molecular formula is C28H54Si. The van der Waals surface area contributed by atoms with Crippen molar-refractivity contribution in [3.63, 3.8) is 0 Å². The van der Waals surface area contributed by atoms with Gasteiger partial charge >= 0.3 is 0 Å². The molecule has 0 amide bonds. The quantitative estimate of drug-likeness (QED) is 0.174. The van der Waals surface area contributed by atoms with Crippen molar-refractivity contribution in [3.05, 3.63) is 35.9 Å². The first-order chi connectivity index (χ1) is 14.0. The molecule has 1 heteroatoms. The molecule has 0 heterocycles. The van der Waals surface area contributed by atoms with E-state index in [0.717, 1.165) is 0 Å². The van der Waals surface area contributed by atoms with Gasteiger partial charge < -0.3 is 0 Å². The molecule has 0 aliphatic carbocycles. The lowest BCUT2D eigenvalue weighted by atomic mass is 10.0. The van der Waals surface area contributed by atoms with Gasteiger partial charge in [-0.25, -0.2) is 0 Å². The summed E-state index contributed by atoms with van der Waals surface area (Å²) in [6, 6.07) is 11.8. The van der Waals surface area contributed by atoms with E-state index in [1.54, 1.807) is 0 Å². The van der Waals surface area contributed by atoms with Crippen molar-refractivity contribution in [3.8, 4) is 0 Å². The summed E-state index contributed by atoms with van der Waals surface area (Å²) in [4.78, 5) is 0. The Morgan fingerprint density at radius 1 is 0.517 bits per heavy atom. The van der Waals surface area contributed by atoms with Gasteiger partial charge in [0.1, 0.15) is 0 Å². The van der Waals surface area contributed by atoms with Gasteiger partial charge in [0, 0.05) is 8.07 Å². The molecule has 1 aromatic carbocycles. The second kappa shape index (κ2) is 20.7. The molecule has 1 rings (SSSR count). The van der Waals surface area contributed by atoms with Gasteiger partial charge in [0.25, 0.3) is 0 Å². The number of hydrogen-bond acceptors (Lipinski definition) is 0. The first-order valence-corrected chi connectivity index (χ1v) is 16.7. The van der Waals surface area contributed by atoms with Crippen LogP contribution < -0.4 is 0 Å². The summed E-state index contributed by atoms with van der Waals surface area (Å²) < 4.78 is 0. The molecule has 0 aromatic heterocycles. The number of benzene rings is 1. The smallest absolute Gasteiger partial charge is 0.0442 e. The Morgan fingerprint density at radius 3 is 1.14 bits per heavy atom. The van der Waals surface area contributed by atoms with E-state index in [2.05, 4.69) is 45.6 Å². The highest BCUT2D eigenvalue weighted by atomic mass is 28.3. The Balaban J connectivity index is 0.000000929. The van der Waals surface area contributed by atoms with Gasteiger partial charge in [-0.2, -0.15) is 0 Å². The predicted molar refractivity (Wildman–Crippen MR) is 139 cm³/mol. The molecule has 0 saturated heterocycles. The van der Waals surface area contributed by atoms with Crippen LogP contribution in [0.5, 0.6) is 0 Å². The van der Waals surface area contributed by atoms with E-state index in [1.165, 1.54) is 114 Å². The zero-order chi connectivity index (χ0) is 21.6. The van der Waals surface area contributed by atoms with Crippen molar-refractivity contribution in [2.24, 2.45) is 0 Å².